The summed E-state index contributed by atoms with van der Waals surface area (Å²) in [6.07, 6.45) is 14.2. The van der Waals surface area contributed by atoms with E-state index in [0.717, 1.165) is 31.8 Å². The van der Waals surface area contributed by atoms with Crippen molar-refractivity contribution in [3.05, 3.63) is 35.9 Å². The molecule has 0 atom stereocenters. The maximum absolute atomic E-state index is 9.00. The third kappa shape index (κ3) is 53.3. The molecular formula is C27H53ClN2O6. The molecule has 1 aromatic rings. The van der Waals surface area contributed by atoms with Crippen LogP contribution in [-0.2, 0) is 20.9 Å². The Morgan fingerprint density at radius 1 is 0.667 bits per heavy atom. The molecule has 0 aliphatic heterocycles. The van der Waals surface area contributed by atoms with Crippen molar-refractivity contribution in [2.45, 2.75) is 98.4 Å². The fourth-order valence-corrected chi connectivity index (χ4v) is 3.18. The third-order valence-electron chi connectivity index (χ3n) is 4.57. The van der Waals surface area contributed by atoms with Gasteiger partial charge < -0.3 is 38.4 Å². The van der Waals surface area contributed by atoms with Crippen molar-refractivity contribution in [3.8, 4) is 0 Å². The van der Waals surface area contributed by atoms with Crippen molar-refractivity contribution in [2.24, 2.45) is 0 Å². The number of hydrogen-bond donors (Lipinski definition) is 4. The number of nitrogens with zero attached hydrogens (tertiary/aromatic N) is 1. The number of carbonyl (C=O) groups is 3. The van der Waals surface area contributed by atoms with Crippen LogP contribution in [0.2, 0.25) is 0 Å². The van der Waals surface area contributed by atoms with Gasteiger partial charge in [-0.1, -0.05) is 88.6 Å². The smallest absolute Gasteiger partial charge is 0.300 e. The number of unbranched alkanes of at least 4 members (excludes halogenated alkanes) is 9. The summed E-state index contributed by atoms with van der Waals surface area (Å²) in [5.74, 6) is -2.50. The van der Waals surface area contributed by atoms with E-state index in [0.29, 0.717) is 0 Å². The molecule has 0 saturated heterocycles. The Hall–Kier alpha value is -2.16. The zero-order valence-corrected chi connectivity index (χ0v) is 24.2. The van der Waals surface area contributed by atoms with Crippen LogP contribution in [0.25, 0.3) is 0 Å². The first kappa shape index (κ1) is 43.9. The zero-order valence-electron chi connectivity index (χ0n) is 23.5. The average molecular weight is 537 g/mol. The number of halogens is 1. The van der Waals surface area contributed by atoms with E-state index in [4.69, 9.17) is 29.7 Å². The van der Waals surface area contributed by atoms with Gasteiger partial charge in [-0.2, -0.15) is 0 Å². The highest BCUT2D eigenvalue weighted by atomic mass is 35.5. The molecule has 36 heavy (non-hydrogen) atoms. The van der Waals surface area contributed by atoms with Crippen molar-refractivity contribution in [2.75, 3.05) is 20.6 Å². The normalized spacial score (nSPS) is 9.28. The minimum absolute atomic E-state index is 0. The number of carboxylic acids is 3. The summed E-state index contributed by atoms with van der Waals surface area (Å²) in [4.78, 5) is 27.0. The predicted octanol–water partition coefficient (Wildman–Crippen LogP) is 3.62. The largest absolute Gasteiger partial charge is 1.00 e. The van der Waals surface area contributed by atoms with Gasteiger partial charge in [-0.3, -0.25) is 14.4 Å². The molecule has 6 N–H and O–H groups in total. The predicted molar refractivity (Wildman–Crippen MR) is 144 cm³/mol. The maximum atomic E-state index is 9.00. The van der Waals surface area contributed by atoms with Gasteiger partial charge in [0.25, 0.3) is 17.9 Å². The van der Waals surface area contributed by atoms with Gasteiger partial charge >= 0.3 is 0 Å². The molecule has 8 nitrogen and oxygen atoms in total. The van der Waals surface area contributed by atoms with E-state index in [-0.39, 0.29) is 18.6 Å². The minimum Gasteiger partial charge on any atom is -1.00 e. The van der Waals surface area contributed by atoms with E-state index >= 15 is 0 Å². The lowest BCUT2D eigenvalue weighted by Gasteiger charge is -2.30. The molecule has 9 heteroatoms. The Balaban J connectivity index is -0.000000191. The standard InChI is InChI=1S/C21H38N.3C2H4O2.ClH.H3N/c1-4-5-6-7-8-9-10-11-12-16-19-22(2,3)20-21-17-14-13-15-18-21;3*1-2(3)4;;/h13-15,17-18H,4-12,16,19-20H2,1-3H3;3*1H3,(H,3,4);1H;1H3/q+1;;;;;/p-1. The van der Waals surface area contributed by atoms with Crippen LogP contribution in [0.4, 0.5) is 0 Å². The van der Waals surface area contributed by atoms with Crippen LogP contribution in [0.15, 0.2) is 30.3 Å². The number of carboxylic acid groups (broad SMARTS) is 3. The molecule has 0 aliphatic carbocycles. The Morgan fingerprint density at radius 3 is 1.31 bits per heavy atom. The molecule has 0 radical (unpaired) electrons. The number of hydrogen-bond acceptors (Lipinski definition) is 4. The van der Waals surface area contributed by atoms with Crippen LogP contribution in [0.1, 0.15) is 97.5 Å². The van der Waals surface area contributed by atoms with Crippen molar-refractivity contribution >= 4 is 17.9 Å². The average Bonchev–Trinajstić information content (AvgIpc) is 2.68. The van der Waals surface area contributed by atoms with E-state index in [1.807, 2.05) is 0 Å². The van der Waals surface area contributed by atoms with E-state index < -0.39 is 17.9 Å². The molecular weight excluding hydrogens is 484 g/mol. The van der Waals surface area contributed by atoms with Crippen LogP contribution < -0.4 is 18.6 Å². The fourth-order valence-electron chi connectivity index (χ4n) is 3.18. The van der Waals surface area contributed by atoms with Gasteiger partial charge in [0.15, 0.2) is 0 Å². The van der Waals surface area contributed by atoms with Crippen molar-refractivity contribution in [1.29, 1.82) is 0 Å². The highest BCUT2D eigenvalue weighted by molar-refractivity contribution is 5.63. The lowest BCUT2D eigenvalue weighted by Crippen LogP contribution is -3.00. The number of rotatable bonds is 13. The van der Waals surface area contributed by atoms with Gasteiger partial charge in [-0.25, -0.2) is 0 Å². The summed E-state index contributed by atoms with van der Waals surface area (Å²) in [5, 5.41) is 22.2. The van der Waals surface area contributed by atoms with E-state index in [1.54, 1.807) is 0 Å². The molecule has 0 unspecified atom stereocenters. The van der Waals surface area contributed by atoms with Gasteiger partial charge in [-0.05, 0) is 12.8 Å². The van der Waals surface area contributed by atoms with Gasteiger partial charge in [0, 0.05) is 26.3 Å². The summed E-state index contributed by atoms with van der Waals surface area (Å²) in [6.45, 7) is 7.99. The first-order chi connectivity index (χ1) is 15.8. The Morgan fingerprint density at radius 2 is 0.972 bits per heavy atom. The Labute approximate surface area is 225 Å². The molecule has 0 spiro atoms. The number of aliphatic carboxylic acids is 3. The summed E-state index contributed by atoms with van der Waals surface area (Å²) in [5.41, 5.74) is 1.46. The van der Waals surface area contributed by atoms with Crippen molar-refractivity contribution in [1.82, 2.24) is 6.15 Å². The second-order valence-electron chi connectivity index (χ2n) is 9.04. The quantitative estimate of drug-likeness (QED) is 0.222. The van der Waals surface area contributed by atoms with Gasteiger partial charge in [-0.15, -0.1) is 0 Å². The summed E-state index contributed by atoms with van der Waals surface area (Å²) >= 11 is 0. The van der Waals surface area contributed by atoms with E-state index in [2.05, 4.69) is 51.4 Å². The molecule has 0 amide bonds. The van der Waals surface area contributed by atoms with Crippen molar-refractivity contribution < 1.29 is 46.6 Å². The number of quaternary nitrogens is 1. The van der Waals surface area contributed by atoms with Crippen LogP contribution >= 0.6 is 0 Å². The SMILES string of the molecule is CC(=O)O.CC(=O)O.CC(=O)O.CCCCCCCCCCCC[N+](C)(C)Cc1ccccc1.N.[Cl-]. The Kier molecular flexibility index (Phi) is 37.6. The summed E-state index contributed by atoms with van der Waals surface area (Å²) in [6, 6.07) is 10.9. The van der Waals surface area contributed by atoms with E-state index in [1.165, 1.54) is 76.3 Å². The summed E-state index contributed by atoms with van der Waals surface area (Å²) < 4.78 is 1.11. The molecule has 214 valence electrons. The summed E-state index contributed by atoms with van der Waals surface area (Å²) in [7, 11) is 4.72. The molecule has 0 fully saturated rings. The Bertz CT molecular complexity index is 587. The van der Waals surface area contributed by atoms with Gasteiger partial charge in [0.2, 0.25) is 0 Å². The molecule has 1 aromatic carbocycles. The minimum atomic E-state index is -0.833. The molecule has 0 saturated carbocycles. The molecule has 0 aromatic heterocycles. The topological polar surface area (TPSA) is 147 Å². The first-order valence-electron chi connectivity index (χ1n) is 12.3. The van der Waals surface area contributed by atoms with Crippen LogP contribution in [0, 0.1) is 0 Å². The zero-order chi connectivity index (χ0) is 26.8. The van der Waals surface area contributed by atoms with Crippen LogP contribution in [0.5, 0.6) is 0 Å². The monoisotopic (exact) mass is 536 g/mol. The highest BCUT2D eigenvalue weighted by Gasteiger charge is 2.14. The first-order valence-corrected chi connectivity index (χ1v) is 12.3. The number of benzene rings is 1. The van der Waals surface area contributed by atoms with Crippen LogP contribution in [0.3, 0.4) is 0 Å². The van der Waals surface area contributed by atoms with Gasteiger partial charge in [0.1, 0.15) is 6.54 Å². The van der Waals surface area contributed by atoms with Gasteiger partial charge in [0.05, 0.1) is 20.6 Å². The van der Waals surface area contributed by atoms with Crippen LogP contribution in [-0.4, -0.2) is 58.4 Å². The fraction of sp³-hybridized carbons (Fsp3) is 0.667. The second-order valence-corrected chi connectivity index (χ2v) is 9.04. The molecule has 0 heterocycles. The lowest BCUT2D eigenvalue weighted by atomic mass is 10.1. The maximum Gasteiger partial charge on any atom is 0.300 e. The molecule has 0 bridgehead atoms. The second kappa shape index (κ2) is 30.9. The van der Waals surface area contributed by atoms with E-state index in [9.17, 15) is 0 Å². The highest BCUT2D eigenvalue weighted by Crippen LogP contribution is 2.13. The molecule has 0 aliphatic rings. The van der Waals surface area contributed by atoms with Crippen molar-refractivity contribution in [3.63, 3.8) is 0 Å². The third-order valence-corrected chi connectivity index (χ3v) is 4.57. The molecule has 1 rings (SSSR count). The lowest BCUT2D eigenvalue weighted by molar-refractivity contribution is -0.903.